The first-order valence-corrected chi connectivity index (χ1v) is 9.09. The van der Waals surface area contributed by atoms with Crippen molar-refractivity contribution in [3.8, 4) is 16.9 Å². The lowest BCUT2D eigenvalue weighted by atomic mass is 10.1. The topological polar surface area (TPSA) is 58.7 Å². The molecule has 0 aliphatic rings. The average Bonchev–Trinajstić information content (AvgIpc) is 2.99. The van der Waals surface area contributed by atoms with E-state index in [1.807, 2.05) is 68.3 Å². The Bertz CT molecular complexity index is 824. The minimum Gasteiger partial charge on any atom is -0.491 e. The van der Waals surface area contributed by atoms with Gasteiger partial charge >= 0.3 is 0 Å². The smallest absolute Gasteiger partial charge is 0.138 e. The number of hydrogen-bond donors (Lipinski definition) is 1. The fourth-order valence-corrected chi connectivity index (χ4v) is 3.04. The van der Waals surface area contributed by atoms with Gasteiger partial charge in [-0.3, -0.25) is 4.90 Å². The summed E-state index contributed by atoms with van der Waals surface area (Å²) in [6, 6.07) is 18.1. The number of aryl methyl sites for hydroxylation is 2. The van der Waals surface area contributed by atoms with Crippen LogP contribution in [0.15, 0.2) is 59.1 Å². The van der Waals surface area contributed by atoms with Gasteiger partial charge in [0.1, 0.15) is 24.2 Å². The van der Waals surface area contributed by atoms with Gasteiger partial charge in [0.05, 0.1) is 5.69 Å². The van der Waals surface area contributed by atoms with Crippen LogP contribution in [-0.2, 0) is 6.54 Å². The lowest BCUT2D eigenvalue weighted by Crippen LogP contribution is -2.33. The predicted molar refractivity (Wildman–Crippen MR) is 106 cm³/mol. The van der Waals surface area contributed by atoms with Crippen molar-refractivity contribution in [3.05, 3.63) is 71.6 Å². The number of nitrogens with zero attached hydrogens (tertiary/aromatic N) is 2. The summed E-state index contributed by atoms with van der Waals surface area (Å²) < 4.78 is 10.9. The SMILES string of the molecule is Cc1noc(C)c1CN(C)CC(O)COc1ccc(-c2ccccc2)cc1. The van der Waals surface area contributed by atoms with Crippen LogP contribution < -0.4 is 4.74 Å². The van der Waals surface area contributed by atoms with Crippen molar-refractivity contribution >= 4 is 0 Å². The van der Waals surface area contributed by atoms with Crippen molar-refractivity contribution < 1.29 is 14.4 Å². The molecule has 0 saturated heterocycles. The Labute approximate surface area is 160 Å². The van der Waals surface area contributed by atoms with E-state index < -0.39 is 6.10 Å². The van der Waals surface area contributed by atoms with Crippen LogP contribution in [-0.4, -0.2) is 41.5 Å². The summed E-state index contributed by atoms with van der Waals surface area (Å²) in [6.07, 6.45) is -0.579. The molecular weight excluding hydrogens is 340 g/mol. The zero-order chi connectivity index (χ0) is 19.2. The number of benzene rings is 2. The van der Waals surface area contributed by atoms with E-state index in [1.165, 1.54) is 5.56 Å². The Kier molecular flexibility index (Phi) is 6.27. The first kappa shape index (κ1) is 19.1. The van der Waals surface area contributed by atoms with E-state index in [9.17, 15) is 5.11 Å². The molecule has 2 aromatic carbocycles. The van der Waals surface area contributed by atoms with Gasteiger partial charge in [0.25, 0.3) is 0 Å². The van der Waals surface area contributed by atoms with Crippen LogP contribution in [0.25, 0.3) is 11.1 Å². The fraction of sp³-hybridized carbons (Fsp3) is 0.318. The highest BCUT2D eigenvalue weighted by atomic mass is 16.5. The van der Waals surface area contributed by atoms with Gasteiger partial charge in [-0.15, -0.1) is 0 Å². The Morgan fingerprint density at radius 1 is 1.04 bits per heavy atom. The molecular formula is C22H26N2O3. The molecule has 142 valence electrons. The molecule has 0 saturated carbocycles. The van der Waals surface area contributed by atoms with Crippen molar-refractivity contribution in [2.24, 2.45) is 0 Å². The van der Waals surface area contributed by atoms with E-state index in [2.05, 4.69) is 17.3 Å². The Morgan fingerprint density at radius 3 is 2.33 bits per heavy atom. The second-order valence-electron chi connectivity index (χ2n) is 6.85. The Morgan fingerprint density at radius 2 is 1.70 bits per heavy atom. The van der Waals surface area contributed by atoms with Crippen molar-refractivity contribution in [1.29, 1.82) is 0 Å². The summed E-state index contributed by atoms with van der Waals surface area (Å²) in [5, 5.41) is 14.2. The van der Waals surface area contributed by atoms with E-state index in [0.29, 0.717) is 13.1 Å². The molecule has 0 bridgehead atoms. The molecule has 1 aromatic heterocycles. The van der Waals surface area contributed by atoms with Gasteiger partial charge < -0.3 is 14.4 Å². The van der Waals surface area contributed by atoms with E-state index >= 15 is 0 Å². The second-order valence-corrected chi connectivity index (χ2v) is 6.85. The largest absolute Gasteiger partial charge is 0.491 e. The fourth-order valence-electron chi connectivity index (χ4n) is 3.04. The lowest BCUT2D eigenvalue weighted by Gasteiger charge is -2.20. The molecule has 1 atom stereocenters. The summed E-state index contributed by atoms with van der Waals surface area (Å²) in [5.41, 5.74) is 4.28. The molecule has 1 unspecified atom stereocenters. The van der Waals surface area contributed by atoms with Crippen LogP contribution in [0, 0.1) is 13.8 Å². The molecule has 5 heteroatoms. The van der Waals surface area contributed by atoms with Crippen LogP contribution in [0.3, 0.4) is 0 Å². The van der Waals surface area contributed by atoms with Crippen molar-refractivity contribution in [2.75, 3.05) is 20.2 Å². The van der Waals surface area contributed by atoms with E-state index in [0.717, 1.165) is 28.3 Å². The first-order valence-electron chi connectivity index (χ1n) is 9.09. The molecule has 1 heterocycles. The first-order chi connectivity index (χ1) is 13.0. The van der Waals surface area contributed by atoms with Crippen molar-refractivity contribution in [2.45, 2.75) is 26.5 Å². The number of ether oxygens (including phenoxy) is 1. The van der Waals surface area contributed by atoms with Crippen molar-refractivity contribution in [1.82, 2.24) is 10.1 Å². The van der Waals surface area contributed by atoms with Crippen LogP contribution in [0.2, 0.25) is 0 Å². The quantitative estimate of drug-likeness (QED) is 0.657. The minimum atomic E-state index is -0.579. The molecule has 0 spiro atoms. The summed E-state index contributed by atoms with van der Waals surface area (Å²) in [5.74, 6) is 1.57. The predicted octanol–water partition coefficient (Wildman–Crippen LogP) is 3.83. The van der Waals surface area contributed by atoms with Crippen LogP contribution in [0.4, 0.5) is 0 Å². The molecule has 0 amide bonds. The standard InChI is InChI=1S/C22H26N2O3/c1-16-22(17(2)27-23-16)14-24(3)13-20(25)15-26-21-11-9-19(10-12-21)18-7-5-4-6-8-18/h4-12,20,25H,13-15H2,1-3H3. The number of aliphatic hydroxyl groups excluding tert-OH is 1. The van der Waals surface area contributed by atoms with E-state index in [1.54, 1.807) is 0 Å². The Hall–Kier alpha value is -2.63. The van der Waals surface area contributed by atoms with Gasteiger partial charge in [0.15, 0.2) is 0 Å². The zero-order valence-electron chi connectivity index (χ0n) is 16.1. The van der Waals surface area contributed by atoms with Crippen molar-refractivity contribution in [3.63, 3.8) is 0 Å². The number of hydrogen-bond acceptors (Lipinski definition) is 5. The normalized spacial score (nSPS) is 12.3. The molecule has 27 heavy (non-hydrogen) atoms. The third-order valence-corrected chi connectivity index (χ3v) is 4.54. The number of rotatable bonds is 8. The number of aromatic nitrogens is 1. The zero-order valence-corrected chi connectivity index (χ0v) is 16.1. The number of likely N-dealkylation sites (N-methyl/N-ethyl adjacent to an activating group) is 1. The highest BCUT2D eigenvalue weighted by molar-refractivity contribution is 5.63. The van der Waals surface area contributed by atoms with Gasteiger partial charge in [-0.2, -0.15) is 0 Å². The average molecular weight is 366 g/mol. The van der Waals surface area contributed by atoms with Gasteiger partial charge in [-0.25, -0.2) is 0 Å². The molecule has 5 nitrogen and oxygen atoms in total. The monoisotopic (exact) mass is 366 g/mol. The highest BCUT2D eigenvalue weighted by Gasteiger charge is 2.14. The third-order valence-electron chi connectivity index (χ3n) is 4.54. The molecule has 0 aliphatic heterocycles. The second kappa shape index (κ2) is 8.84. The molecule has 1 N–H and O–H groups in total. The summed E-state index contributed by atoms with van der Waals surface area (Å²) >= 11 is 0. The molecule has 0 aliphatic carbocycles. The minimum absolute atomic E-state index is 0.247. The van der Waals surface area contributed by atoms with E-state index in [4.69, 9.17) is 9.26 Å². The molecule has 3 aromatic rings. The maximum atomic E-state index is 10.3. The van der Waals surface area contributed by atoms with Crippen LogP contribution >= 0.6 is 0 Å². The maximum Gasteiger partial charge on any atom is 0.138 e. The van der Waals surface area contributed by atoms with Gasteiger partial charge in [0, 0.05) is 18.7 Å². The number of aliphatic hydroxyl groups is 1. The highest BCUT2D eigenvalue weighted by Crippen LogP contribution is 2.22. The Balaban J connectivity index is 1.48. The van der Waals surface area contributed by atoms with Gasteiger partial charge in [-0.1, -0.05) is 47.6 Å². The maximum absolute atomic E-state index is 10.3. The summed E-state index contributed by atoms with van der Waals surface area (Å²) in [7, 11) is 1.96. The van der Waals surface area contributed by atoms with Gasteiger partial charge in [-0.05, 0) is 44.2 Å². The van der Waals surface area contributed by atoms with Crippen LogP contribution in [0.5, 0.6) is 5.75 Å². The summed E-state index contributed by atoms with van der Waals surface area (Å²) in [4.78, 5) is 2.04. The third kappa shape index (κ3) is 5.18. The molecule has 0 radical (unpaired) electrons. The van der Waals surface area contributed by atoms with Gasteiger partial charge in [0.2, 0.25) is 0 Å². The lowest BCUT2D eigenvalue weighted by molar-refractivity contribution is 0.0742. The van der Waals surface area contributed by atoms with Crippen LogP contribution in [0.1, 0.15) is 17.0 Å². The van der Waals surface area contributed by atoms with E-state index in [-0.39, 0.29) is 6.61 Å². The molecule has 0 fully saturated rings. The molecule has 3 rings (SSSR count). The summed E-state index contributed by atoms with van der Waals surface area (Å²) in [6.45, 7) is 5.27.